The Morgan fingerprint density at radius 3 is 1.33 bits per heavy atom. The van der Waals surface area contributed by atoms with Gasteiger partial charge >= 0.3 is 19.8 Å². The number of hydrogen-bond donors (Lipinski definition) is 4. The van der Waals surface area contributed by atoms with E-state index >= 15 is 0 Å². The van der Waals surface area contributed by atoms with Gasteiger partial charge < -0.3 is 25.2 Å². The second-order valence-electron chi connectivity index (χ2n) is 17.4. The van der Waals surface area contributed by atoms with Crippen LogP contribution in [0.25, 0.3) is 0 Å². The maximum Gasteiger partial charge on any atom is 0.472 e. The molecule has 1 amide bonds. The highest BCUT2D eigenvalue weighted by atomic mass is 31.2. The van der Waals surface area contributed by atoms with Crippen LogP contribution in [0.1, 0.15) is 232 Å². The third-order valence-corrected chi connectivity index (χ3v) is 12.0. The van der Waals surface area contributed by atoms with Crippen molar-refractivity contribution in [3.8, 4) is 0 Å². The summed E-state index contributed by atoms with van der Waals surface area (Å²) < 4.78 is 26.9. The number of esters is 1. The van der Waals surface area contributed by atoms with Gasteiger partial charge in [-0.15, -0.1) is 0 Å². The van der Waals surface area contributed by atoms with Gasteiger partial charge in [0.05, 0.1) is 13.2 Å². The number of nitrogens with one attached hydrogen (secondary N) is 1. The summed E-state index contributed by atoms with van der Waals surface area (Å²) >= 11 is 0. The molecule has 0 saturated carbocycles. The number of ether oxygens (including phenoxy) is 1. The number of carboxylic acids is 1. The van der Waals surface area contributed by atoms with Crippen molar-refractivity contribution in [1.29, 1.82) is 0 Å². The molecule has 0 fully saturated rings. The van der Waals surface area contributed by atoms with E-state index in [9.17, 15) is 34.1 Å². The molecule has 11 nitrogen and oxygen atoms in total. The molecule has 0 bridgehead atoms. The zero-order valence-electron chi connectivity index (χ0n) is 40.6. The van der Waals surface area contributed by atoms with Gasteiger partial charge in [-0.05, 0) is 77.0 Å². The Labute approximate surface area is 390 Å². The Morgan fingerprint density at radius 1 is 0.500 bits per heavy atom. The van der Waals surface area contributed by atoms with Crippen molar-refractivity contribution in [3.63, 3.8) is 0 Å². The molecule has 0 rings (SSSR count). The van der Waals surface area contributed by atoms with Crippen molar-refractivity contribution in [1.82, 2.24) is 5.32 Å². The van der Waals surface area contributed by atoms with Gasteiger partial charge in [-0.2, -0.15) is 0 Å². The number of phosphoric ester groups is 1. The Balaban J connectivity index is 3.82. The van der Waals surface area contributed by atoms with E-state index in [-0.39, 0.29) is 12.8 Å². The molecule has 0 aliphatic carbocycles. The van der Waals surface area contributed by atoms with Crippen LogP contribution < -0.4 is 5.32 Å². The highest BCUT2D eigenvalue weighted by Crippen LogP contribution is 2.43. The van der Waals surface area contributed by atoms with Crippen molar-refractivity contribution in [3.05, 3.63) is 48.6 Å². The molecule has 0 aromatic heterocycles. The smallest absolute Gasteiger partial charge is 0.472 e. The van der Waals surface area contributed by atoms with E-state index in [1.807, 2.05) is 0 Å². The first-order chi connectivity index (χ1) is 31.1. The molecule has 0 aliphatic rings. The highest BCUT2D eigenvalue weighted by molar-refractivity contribution is 7.47. The van der Waals surface area contributed by atoms with Gasteiger partial charge in [-0.3, -0.25) is 18.6 Å². The normalized spacial score (nSPS) is 13.9. The molecular weight excluding hydrogens is 830 g/mol. The van der Waals surface area contributed by atoms with Crippen molar-refractivity contribution in [2.45, 2.75) is 244 Å². The SMILES string of the molecule is CCCCC/C=C\C/C=C\C/C=C\CCCCCCCCCCCCC(=O)OCC(O)COP(=O)(O)OCC(NC(=O)CCCCCCCCC/C=C\CCCCCCCC)C(=O)O. The number of allylic oxidation sites excluding steroid dienone is 8. The summed E-state index contributed by atoms with van der Waals surface area (Å²) in [6.45, 7) is 2.58. The lowest BCUT2D eigenvalue weighted by Gasteiger charge is -2.18. The molecule has 0 saturated heterocycles. The Bertz CT molecular complexity index is 1270. The lowest BCUT2D eigenvalue weighted by atomic mass is 10.1. The third-order valence-electron chi connectivity index (χ3n) is 11.1. The van der Waals surface area contributed by atoms with E-state index in [2.05, 4.69) is 67.8 Å². The second-order valence-corrected chi connectivity index (χ2v) is 18.8. The summed E-state index contributed by atoms with van der Waals surface area (Å²) in [5, 5.41) is 21.9. The lowest BCUT2D eigenvalue weighted by Crippen LogP contribution is -2.43. The van der Waals surface area contributed by atoms with Crippen LogP contribution in [0.2, 0.25) is 0 Å². The first-order valence-electron chi connectivity index (χ1n) is 25.7. The first kappa shape index (κ1) is 61.4. The monoisotopic (exact) mass is 924 g/mol. The number of rotatable bonds is 48. The number of aliphatic carboxylic acids is 1. The Morgan fingerprint density at radius 2 is 0.859 bits per heavy atom. The lowest BCUT2D eigenvalue weighted by molar-refractivity contribution is -0.147. The number of carbonyl (C=O) groups excluding carboxylic acids is 2. The minimum atomic E-state index is -4.76. The van der Waals surface area contributed by atoms with Crippen LogP contribution in [0.3, 0.4) is 0 Å². The highest BCUT2D eigenvalue weighted by Gasteiger charge is 2.28. The molecule has 0 aliphatic heterocycles. The van der Waals surface area contributed by atoms with Crippen LogP contribution in [0, 0.1) is 0 Å². The number of aliphatic hydroxyl groups excluding tert-OH is 1. The van der Waals surface area contributed by atoms with Gasteiger partial charge in [0.1, 0.15) is 12.7 Å². The minimum Gasteiger partial charge on any atom is -0.480 e. The predicted octanol–water partition coefficient (Wildman–Crippen LogP) is 14.1. The molecule has 372 valence electrons. The third kappa shape index (κ3) is 46.0. The molecule has 3 atom stereocenters. The Kier molecular flexibility index (Phi) is 45.1. The number of amides is 1. The number of carboxylic acid groups (broad SMARTS) is 1. The average Bonchev–Trinajstić information content (AvgIpc) is 3.27. The van der Waals surface area contributed by atoms with Crippen LogP contribution in [-0.2, 0) is 32.7 Å². The summed E-state index contributed by atoms with van der Waals surface area (Å²) in [5.41, 5.74) is 0. The molecule has 12 heteroatoms. The van der Waals surface area contributed by atoms with E-state index in [1.165, 1.54) is 122 Å². The zero-order chi connectivity index (χ0) is 47.0. The molecule has 4 N–H and O–H groups in total. The number of aliphatic hydroxyl groups is 1. The van der Waals surface area contributed by atoms with E-state index < -0.39 is 57.6 Å². The fourth-order valence-electron chi connectivity index (χ4n) is 7.08. The van der Waals surface area contributed by atoms with Crippen molar-refractivity contribution in [2.24, 2.45) is 0 Å². The number of phosphoric acid groups is 1. The topological polar surface area (TPSA) is 169 Å². The summed E-state index contributed by atoms with van der Waals surface area (Å²) in [7, 11) is -4.76. The van der Waals surface area contributed by atoms with E-state index in [1.54, 1.807) is 0 Å². The predicted molar refractivity (Wildman–Crippen MR) is 263 cm³/mol. The van der Waals surface area contributed by atoms with E-state index in [0.717, 1.165) is 70.6 Å². The molecule has 64 heavy (non-hydrogen) atoms. The summed E-state index contributed by atoms with van der Waals surface area (Å²) in [6.07, 6.45) is 54.1. The van der Waals surface area contributed by atoms with Crippen molar-refractivity contribution >= 4 is 25.7 Å². The number of unbranched alkanes of at least 4 members (excludes halogenated alkanes) is 26. The molecular formula is C52H94NO10P. The average molecular weight is 924 g/mol. The summed E-state index contributed by atoms with van der Waals surface area (Å²) in [4.78, 5) is 46.1. The van der Waals surface area contributed by atoms with Crippen LogP contribution in [-0.4, -0.2) is 64.9 Å². The summed E-state index contributed by atoms with van der Waals surface area (Å²) in [5.74, 6) is -2.38. The number of hydrogen-bond acceptors (Lipinski definition) is 8. The standard InChI is InChI=1S/C52H94NO10P/c1-3-5-7-9-11-13-15-17-19-21-22-23-24-25-26-28-30-32-34-36-38-40-42-44-51(56)61-45-48(54)46-62-64(59,60)63-47-49(52(57)58)53-50(55)43-41-39-37-35-33-31-29-27-20-18-16-14-12-10-8-6-4-2/h11,13,17-20,22-23,48-49,54H,3-10,12,14-16,21,24-47H2,1-2H3,(H,53,55)(H,57,58)(H,59,60)/b13-11-,19-17-,20-18-,23-22-. The van der Waals surface area contributed by atoms with Gasteiger partial charge in [0.25, 0.3) is 0 Å². The van der Waals surface area contributed by atoms with Crippen molar-refractivity contribution < 1.29 is 47.8 Å². The minimum absolute atomic E-state index is 0.140. The first-order valence-corrected chi connectivity index (χ1v) is 27.2. The Hall–Kier alpha value is -2.56. The molecule has 0 aromatic carbocycles. The maximum atomic E-state index is 12.3. The fraction of sp³-hybridized carbons (Fsp3) is 0.788. The van der Waals surface area contributed by atoms with Gasteiger partial charge in [-0.25, -0.2) is 9.36 Å². The second kappa shape index (κ2) is 47.0. The van der Waals surface area contributed by atoms with Crippen LogP contribution >= 0.6 is 7.82 Å². The van der Waals surface area contributed by atoms with Gasteiger partial charge in [0.15, 0.2) is 6.04 Å². The van der Waals surface area contributed by atoms with Crippen LogP contribution in [0.4, 0.5) is 0 Å². The van der Waals surface area contributed by atoms with Crippen molar-refractivity contribution in [2.75, 3.05) is 19.8 Å². The van der Waals surface area contributed by atoms with E-state index in [0.29, 0.717) is 12.8 Å². The molecule has 0 aromatic rings. The largest absolute Gasteiger partial charge is 0.480 e. The number of carbonyl (C=O) groups is 3. The van der Waals surface area contributed by atoms with E-state index in [4.69, 9.17) is 13.8 Å². The summed E-state index contributed by atoms with van der Waals surface area (Å²) in [6, 6.07) is -1.55. The maximum absolute atomic E-state index is 12.3. The van der Waals surface area contributed by atoms with Gasteiger partial charge in [0.2, 0.25) is 5.91 Å². The molecule has 3 unspecified atom stereocenters. The zero-order valence-corrected chi connectivity index (χ0v) is 41.5. The van der Waals surface area contributed by atoms with Gasteiger partial charge in [-0.1, -0.05) is 191 Å². The van der Waals surface area contributed by atoms with Gasteiger partial charge in [0, 0.05) is 12.8 Å². The van der Waals surface area contributed by atoms with Crippen LogP contribution in [0.15, 0.2) is 48.6 Å². The van der Waals surface area contributed by atoms with Crippen LogP contribution in [0.5, 0.6) is 0 Å². The molecule has 0 radical (unpaired) electrons. The molecule has 0 heterocycles. The molecule has 0 spiro atoms. The fourth-order valence-corrected chi connectivity index (χ4v) is 7.85. The quantitative estimate of drug-likeness (QED) is 0.0199.